The molecule has 0 spiro atoms. The van der Waals surface area contributed by atoms with Crippen molar-refractivity contribution in [2.75, 3.05) is 32.6 Å². The molecule has 33 heavy (non-hydrogen) atoms. The monoisotopic (exact) mass is 444 g/mol. The Kier molecular flexibility index (Phi) is 6.70. The molecular formula is C28H32N2O3. The van der Waals surface area contributed by atoms with Gasteiger partial charge in [-0.1, -0.05) is 48.0 Å². The van der Waals surface area contributed by atoms with Gasteiger partial charge in [0.05, 0.1) is 26.8 Å². The van der Waals surface area contributed by atoms with E-state index >= 15 is 0 Å². The average molecular weight is 445 g/mol. The number of methoxy groups -OCH3 is 2. The Morgan fingerprint density at radius 1 is 0.970 bits per heavy atom. The second kappa shape index (κ2) is 9.67. The minimum Gasteiger partial charge on any atom is -0.493 e. The van der Waals surface area contributed by atoms with Gasteiger partial charge in [-0.15, -0.1) is 0 Å². The molecule has 1 aliphatic heterocycles. The Balaban J connectivity index is 1.66. The van der Waals surface area contributed by atoms with E-state index < -0.39 is 0 Å². The summed E-state index contributed by atoms with van der Waals surface area (Å²) in [7, 11) is 3.31. The molecule has 0 aliphatic carbocycles. The predicted octanol–water partition coefficient (Wildman–Crippen LogP) is 5.22. The second-order valence-corrected chi connectivity index (χ2v) is 8.76. The van der Waals surface area contributed by atoms with Crippen LogP contribution in [0.15, 0.2) is 54.6 Å². The van der Waals surface area contributed by atoms with Crippen LogP contribution in [0, 0.1) is 20.8 Å². The molecule has 1 atom stereocenters. The summed E-state index contributed by atoms with van der Waals surface area (Å²) in [4.78, 5) is 15.4. The zero-order valence-corrected chi connectivity index (χ0v) is 20.1. The first kappa shape index (κ1) is 22.9. The zero-order chi connectivity index (χ0) is 23.5. The summed E-state index contributed by atoms with van der Waals surface area (Å²) < 4.78 is 11.1. The molecule has 0 saturated carbocycles. The highest BCUT2D eigenvalue weighted by Crippen LogP contribution is 2.40. The van der Waals surface area contributed by atoms with E-state index in [1.54, 1.807) is 14.2 Å². The molecule has 1 N–H and O–H groups in total. The molecule has 1 aliphatic rings. The van der Waals surface area contributed by atoms with Crippen molar-refractivity contribution in [2.24, 2.45) is 0 Å². The number of hydrogen-bond donors (Lipinski definition) is 1. The van der Waals surface area contributed by atoms with Crippen LogP contribution in [0.5, 0.6) is 11.5 Å². The molecular weight excluding hydrogens is 412 g/mol. The van der Waals surface area contributed by atoms with E-state index in [0.717, 1.165) is 46.7 Å². The van der Waals surface area contributed by atoms with E-state index in [2.05, 4.69) is 53.5 Å². The molecule has 172 valence electrons. The number of amides is 1. The van der Waals surface area contributed by atoms with Gasteiger partial charge in [-0.2, -0.15) is 0 Å². The molecule has 1 amide bonds. The van der Waals surface area contributed by atoms with Crippen LogP contribution >= 0.6 is 0 Å². The summed E-state index contributed by atoms with van der Waals surface area (Å²) in [5, 5.41) is 3.16. The quantitative estimate of drug-likeness (QED) is 0.567. The number of rotatable bonds is 6. The van der Waals surface area contributed by atoms with E-state index in [0.29, 0.717) is 12.3 Å². The van der Waals surface area contributed by atoms with Gasteiger partial charge >= 0.3 is 0 Å². The van der Waals surface area contributed by atoms with Crippen molar-refractivity contribution in [3.05, 3.63) is 88.0 Å². The summed E-state index contributed by atoms with van der Waals surface area (Å²) in [6.45, 7) is 7.24. The van der Waals surface area contributed by atoms with Crippen molar-refractivity contribution in [2.45, 2.75) is 33.2 Å². The number of ether oxygens (including phenoxy) is 2. The lowest BCUT2D eigenvalue weighted by atomic mass is 9.87. The molecule has 0 saturated heterocycles. The fraction of sp³-hybridized carbons (Fsp3) is 0.321. The Labute approximate surface area is 196 Å². The number of fused-ring (bicyclic) bond motifs is 1. The summed E-state index contributed by atoms with van der Waals surface area (Å²) >= 11 is 0. The molecule has 1 heterocycles. The molecule has 3 aromatic carbocycles. The molecule has 0 bridgehead atoms. The number of carbonyl (C=O) groups excluding carboxylic acids is 1. The Morgan fingerprint density at radius 3 is 2.24 bits per heavy atom. The molecule has 0 fully saturated rings. The molecule has 0 aromatic heterocycles. The van der Waals surface area contributed by atoms with Gasteiger partial charge < -0.3 is 14.8 Å². The lowest BCUT2D eigenvalue weighted by molar-refractivity contribution is -0.117. The smallest absolute Gasteiger partial charge is 0.238 e. The SMILES string of the molecule is COc1cc2c(cc1OC)[C@H](c1ccccc1)N(CC(=O)Nc1c(C)cc(C)cc1C)CC2. The fourth-order valence-electron chi connectivity index (χ4n) is 4.93. The van der Waals surface area contributed by atoms with Gasteiger partial charge in [0.15, 0.2) is 11.5 Å². The minimum atomic E-state index is -0.0410. The number of nitrogens with one attached hydrogen (secondary N) is 1. The number of aryl methyl sites for hydroxylation is 3. The average Bonchev–Trinajstić information content (AvgIpc) is 2.80. The van der Waals surface area contributed by atoms with E-state index in [-0.39, 0.29) is 11.9 Å². The normalized spacial score (nSPS) is 15.6. The first-order valence-electron chi connectivity index (χ1n) is 11.3. The number of carbonyl (C=O) groups is 1. The summed E-state index contributed by atoms with van der Waals surface area (Å²) in [6.07, 6.45) is 0.842. The molecule has 0 unspecified atom stereocenters. The van der Waals surface area contributed by atoms with Crippen LogP contribution in [0.4, 0.5) is 5.69 Å². The number of anilines is 1. The number of nitrogens with zero attached hydrogens (tertiary/aromatic N) is 1. The summed E-state index contributed by atoms with van der Waals surface area (Å²) in [5.41, 5.74) is 7.81. The topological polar surface area (TPSA) is 50.8 Å². The molecule has 5 nitrogen and oxygen atoms in total. The third-order valence-corrected chi connectivity index (χ3v) is 6.38. The highest BCUT2D eigenvalue weighted by Gasteiger charge is 2.31. The lowest BCUT2D eigenvalue weighted by Gasteiger charge is -2.37. The zero-order valence-electron chi connectivity index (χ0n) is 20.1. The maximum atomic E-state index is 13.2. The second-order valence-electron chi connectivity index (χ2n) is 8.76. The van der Waals surface area contributed by atoms with Crippen LogP contribution < -0.4 is 14.8 Å². The maximum absolute atomic E-state index is 13.2. The van der Waals surface area contributed by atoms with Crippen molar-refractivity contribution in [3.8, 4) is 11.5 Å². The number of hydrogen-bond acceptors (Lipinski definition) is 4. The van der Waals surface area contributed by atoms with Crippen molar-refractivity contribution in [1.29, 1.82) is 0 Å². The van der Waals surface area contributed by atoms with Crippen molar-refractivity contribution in [1.82, 2.24) is 4.90 Å². The van der Waals surface area contributed by atoms with Gasteiger partial charge in [0, 0.05) is 12.2 Å². The summed E-state index contributed by atoms with van der Waals surface area (Å²) in [6, 6.07) is 18.6. The van der Waals surface area contributed by atoms with Gasteiger partial charge in [-0.25, -0.2) is 0 Å². The predicted molar refractivity (Wildman–Crippen MR) is 132 cm³/mol. The molecule has 4 rings (SSSR count). The number of benzene rings is 3. The van der Waals surface area contributed by atoms with Crippen LogP contribution in [-0.2, 0) is 11.2 Å². The Bertz CT molecular complexity index is 1130. The van der Waals surface area contributed by atoms with Gasteiger partial charge in [-0.05, 0) is 67.1 Å². The highest BCUT2D eigenvalue weighted by molar-refractivity contribution is 5.94. The summed E-state index contributed by atoms with van der Waals surface area (Å²) in [5.74, 6) is 1.43. The third kappa shape index (κ3) is 4.74. The van der Waals surface area contributed by atoms with Gasteiger partial charge in [0.25, 0.3) is 0 Å². The van der Waals surface area contributed by atoms with Crippen molar-refractivity contribution < 1.29 is 14.3 Å². The van der Waals surface area contributed by atoms with E-state index in [1.807, 2.05) is 32.0 Å². The van der Waals surface area contributed by atoms with Crippen molar-refractivity contribution >= 4 is 11.6 Å². The Hall–Kier alpha value is -3.31. The Morgan fingerprint density at radius 2 is 1.61 bits per heavy atom. The molecule has 5 heteroatoms. The van der Waals surface area contributed by atoms with Crippen LogP contribution in [-0.4, -0.2) is 38.1 Å². The van der Waals surface area contributed by atoms with E-state index in [4.69, 9.17) is 9.47 Å². The van der Waals surface area contributed by atoms with E-state index in [1.165, 1.54) is 11.1 Å². The molecule has 0 radical (unpaired) electrons. The third-order valence-electron chi connectivity index (χ3n) is 6.38. The molecule has 3 aromatic rings. The lowest BCUT2D eigenvalue weighted by Crippen LogP contribution is -2.41. The first-order valence-corrected chi connectivity index (χ1v) is 11.3. The van der Waals surface area contributed by atoms with E-state index in [9.17, 15) is 4.79 Å². The van der Waals surface area contributed by atoms with Crippen LogP contribution in [0.25, 0.3) is 0 Å². The largest absolute Gasteiger partial charge is 0.493 e. The standard InChI is InChI=1S/C28H32N2O3/c1-18-13-19(2)27(20(3)14-18)29-26(31)17-30-12-11-22-15-24(32-4)25(33-5)16-23(22)28(30)21-9-7-6-8-10-21/h6-10,13-16,28H,11-12,17H2,1-5H3,(H,29,31)/t28-/m0/s1. The van der Waals surface area contributed by atoms with Crippen LogP contribution in [0.2, 0.25) is 0 Å². The fourth-order valence-corrected chi connectivity index (χ4v) is 4.93. The highest BCUT2D eigenvalue weighted by atomic mass is 16.5. The first-order chi connectivity index (χ1) is 15.9. The van der Waals surface area contributed by atoms with Gasteiger partial charge in [-0.3, -0.25) is 9.69 Å². The van der Waals surface area contributed by atoms with Crippen molar-refractivity contribution in [3.63, 3.8) is 0 Å². The maximum Gasteiger partial charge on any atom is 0.238 e. The van der Waals surface area contributed by atoms with Gasteiger partial charge in [0.2, 0.25) is 5.91 Å². The van der Waals surface area contributed by atoms with Crippen LogP contribution in [0.3, 0.4) is 0 Å². The van der Waals surface area contributed by atoms with Crippen LogP contribution in [0.1, 0.15) is 39.4 Å². The minimum absolute atomic E-state index is 0.00471. The van der Waals surface area contributed by atoms with Gasteiger partial charge in [0.1, 0.15) is 0 Å².